The van der Waals surface area contributed by atoms with Crippen LogP contribution in [0.3, 0.4) is 0 Å². The Morgan fingerprint density at radius 1 is 1.20 bits per heavy atom. The van der Waals surface area contributed by atoms with Crippen LogP contribution in [0.4, 0.5) is 5.69 Å². The first-order valence-corrected chi connectivity index (χ1v) is 9.01. The van der Waals surface area contributed by atoms with E-state index in [1.807, 2.05) is 12.1 Å². The molecule has 2 N–H and O–H groups in total. The summed E-state index contributed by atoms with van der Waals surface area (Å²) in [6, 6.07) is 10.8. The van der Waals surface area contributed by atoms with Gasteiger partial charge in [0.1, 0.15) is 13.2 Å². The summed E-state index contributed by atoms with van der Waals surface area (Å²) in [5.74, 6) is 1.45. The summed E-state index contributed by atoms with van der Waals surface area (Å²) < 4.78 is 11.0. The smallest absolute Gasteiger partial charge is 0.234 e. The van der Waals surface area contributed by atoms with Crippen LogP contribution in [0, 0.1) is 0 Å². The third-order valence-electron chi connectivity index (χ3n) is 3.59. The van der Waals surface area contributed by atoms with E-state index < -0.39 is 0 Å². The number of hydrogen-bond donors (Lipinski definition) is 2. The van der Waals surface area contributed by atoms with Crippen LogP contribution < -0.4 is 14.8 Å². The standard InChI is InChI=1S/C17H14ClN3O3S/c18-10-1-3-12-13(7-10)21-17(20-12)25-9-16(22)19-11-2-4-14-15(8-11)24-6-5-23-14/h1-4,7-8H,5-6,9H2,(H,19,22)(H,20,21). The number of rotatable bonds is 4. The van der Waals surface area contributed by atoms with Crippen molar-refractivity contribution in [3.05, 3.63) is 41.4 Å². The Labute approximate surface area is 152 Å². The van der Waals surface area contributed by atoms with Gasteiger partial charge in [-0.05, 0) is 30.3 Å². The second kappa shape index (κ2) is 6.85. The zero-order valence-corrected chi connectivity index (χ0v) is 14.6. The molecule has 0 spiro atoms. The highest BCUT2D eigenvalue weighted by Gasteiger charge is 2.13. The number of hydrogen-bond acceptors (Lipinski definition) is 5. The molecule has 1 amide bonds. The SMILES string of the molecule is O=C(CSc1nc2ccc(Cl)cc2[nH]1)Nc1ccc2c(c1)OCCO2. The molecule has 0 bridgehead atoms. The van der Waals surface area contributed by atoms with E-state index in [-0.39, 0.29) is 11.7 Å². The maximum atomic E-state index is 12.2. The van der Waals surface area contributed by atoms with Gasteiger partial charge in [-0.25, -0.2) is 4.98 Å². The van der Waals surface area contributed by atoms with E-state index in [2.05, 4.69) is 15.3 Å². The van der Waals surface area contributed by atoms with E-state index in [0.717, 1.165) is 11.0 Å². The summed E-state index contributed by atoms with van der Waals surface area (Å²) in [5.41, 5.74) is 2.34. The topological polar surface area (TPSA) is 76.2 Å². The quantitative estimate of drug-likeness (QED) is 0.680. The molecule has 0 atom stereocenters. The lowest BCUT2D eigenvalue weighted by atomic mass is 10.2. The predicted octanol–water partition coefficient (Wildman–Crippen LogP) is 3.72. The fourth-order valence-electron chi connectivity index (χ4n) is 2.48. The molecule has 0 saturated carbocycles. The van der Waals surface area contributed by atoms with Crippen LogP contribution in [0.15, 0.2) is 41.6 Å². The molecule has 6 nitrogen and oxygen atoms in total. The van der Waals surface area contributed by atoms with Crippen LogP contribution in [0.2, 0.25) is 5.02 Å². The molecule has 4 rings (SSSR count). The molecule has 3 aromatic rings. The molecule has 1 aliphatic rings. The van der Waals surface area contributed by atoms with Crippen molar-refractivity contribution in [1.29, 1.82) is 0 Å². The van der Waals surface area contributed by atoms with Gasteiger partial charge in [-0.2, -0.15) is 0 Å². The fraction of sp³-hybridized carbons (Fsp3) is 0.176. The molecule has 2 aromatic carbocycles. The van der Waals surface area contributed by atoms with E-state index >= 15 is 0 Å². The predicted molar refractivity (Wildman–Crippen MR) is 97.9 cm³/mol. The Kier molecular flexibility index (Phi) is 4.42. The van der Waals surface area contributed by atoms with Crippen LogP contribution in [-0.2, 0) is 4.79 Å². The summed E-state index contributed by atoms with van der Waals surface area (Å²) in [6.07, 6.45) is 0. The molecule has 1 aromatic heterocycles. The molecular weight excluding hydrogens is 362 g/mol. The lowest BCUT2D eigenvalue weighted by molar-refractivity contribution is -0.113. The van der Waals surface area contributed by atoms with Crippen molar-refractivity contribution in [3.8, 4) is 11.5 Å². The molecule has 0 fully saturated rings. The summed E-state index contributed by atoms with van der Waals surface area (Å²) in [4.78, 5) is 19.7. The van der Waals surface area contributed by atoms with Crippen molar-refractivity contribution in [1.82, 2.24) is 9.97 Å². The van der Waals surface area contributed by atoms with Gasteiger partial charge in [0, 0.05) is 16.8 Å². The molecule has 128 valence electrons. The zero-order valence-electron chi connectivity index (χ0n) is 13.0. The van der Waals surface area contributed by atoms with E-state index in [1.54, 1.807) is 24.3 Å². The number of nitrogens with zero attached hydrogens (tertiary/aromatic N) is 1. The van der Waals surface area contributed by atoms with Gasteiger partial charge >= 0.3 is 0 Å². The van der Waals surface area contributed by atoms with Gasteiger partial charge in [0.15, 0.2) is 16.7 Å². The van der Waals surface area contributed by atoms with Crippen molar-refractivity contribution in [2.24, 2.45) is 0 Å². The highest BCUT2D eigenvalue weighted by Crippen LogP contribution is 2.32. The average molecular weight is 376 g/mol. The van der Waals surface area contributed by atoms with Crippen molar-refractivity contribution >= 4 is 46.0 Å². The molecule has 0 radical (unpaired) electrons. The van der Waals surface area contributed by atoms with Crippen LogP contribution in [0.5, 0.6) is 11.5 Å². The van der Waals surface area contributed by atoms with E-state index in [9.17, 15) is 4.79 Å². The van der Waals surface area contributed by atoms with Gasteiger partial charge in [0.25, 0.3) is 0 Å². The molecule has 25 heavy (non-hydrogen) atoms. The Morgan fingerprint density at radius 2 is 2.04 bits per heavy atom. The second-order valence-electron chi connectivity index (χ2n) is 5.40. The Hall–Kier alpha value is -2.38. The summed E-state index contributed by atoms with van der Waals surface area (Å²) in [5, 5.41) is 4.17. The summed E-state index contributed by atoms with van der Waals surface area (Å²) >= 11 is 7.29. The molecule has 2 heterocycles. The number of amides is 1. The van der Waals surface area contributed by atoms with Crippen molar-refractivity contribution in [3.63, 3.8) is 0 Å². The van der Waals surface area contributed by atoms with Crippen molar-refractivity contribution in [2.75, 3.05) is 24.3 Å². The maximum Gasteiger partial charge on any atom is 0.234 e. The van der Waals surface area contributed by atoms with Crippen LogP contribution in [-0.4, -0.2) is 34.8 Å². The number of carbonyl (C=O) groups is 1. The van der Waals surface area contributed by atoms with Gasteiger partial charge in [0.05, 0.1) is 16.8 Å². The molecule has 8 heteroatoms. The first-order chi connectivity index (χ1) is 12.2. The van der Waals surface area contributed by atoms with Crippen LogP contribution in [0.25, 0.3) is 11.0 Å². The Bertz CT molecular complexity index is 944. The average Bonchev–Trinajstić information content (AvgIpc) is 3.02. The number of aromatic nitrogens is 2. The normalized spacial score (nSPS) is 13.0. The van der Waals surface area contributed by atoms with Gasteiger partial charge < -0.3 is 19.8 Å². The van der Waals surface area contributed by atoms with Gasteiger partial charge in [-0.3, -0.25) is 4.79 Å². The number of carbonyl (C=O) groups excluding carboxylic acids is 1. The summed E-state index contributed by atoms with van der Waals surface area (Å²) in [7, 11) is 0. The van der Waals surface area contributed by atoms with Gasteiger partial charge in [0.2, 0.25) is 5.91 Å². The summed E-state index contributed by atoms with van der Waals surface area (Å²) in [6.45, 7) is 1.05. The molecule has 0 aliphatic carbocycles. The highest BCUT2D eigenvalue weighted by molar-refractivity contribution is 7.99. The number of thioether (sulfide) groups is 1. The number of nitrogens with one attached hydrogen (secondary N) is 2. The van der Waals surface area contributed by atoms with Crippen molar-refractivity contribution in [2.45, 2.75) is 5.16 Å². The monoisotopic (exact) mass is 375 g/mol. The highest BCUT2D eigenvalue weighted by atomic mass is 35.5. The number of anilines is 1. The zero-order chi connectivity index (χ0) is 17.2. The lowest BCUT2D eigenvalue weighted by Crippen LogP contribution is -2.17. The largest absolute Gasteiger partial charge is 0.486 e. The number of H-pyrrole nitrogens is 1. The molecule has 0 saturated heterocycles. The minimum Gasteiger partial charge on any atom is -0.486 e. The second-order valence-corrected chi connectivity index (χ2v) is 6.80. The lowest BCUT2D eigenvalue weighted by Gasteiger charge is -2.18. The van der Waals surface area contributed by atoms with Gasteiger partial charge in [-0.15, -0.1) is 0 Å². The fourth-order valence-corrected chi connectivity index (χ4v) is 3.34. The number of halogens is 1. The number of aromatic amines is 1. The third kappa shape index (κ3) is 3.67. The molecular formula is C17H14ClN3O3S. The van der Waals surface area contributed by atoms with Crippen LogP contribution >= 0.6 is 23.4 Å². The van der Waals surface area contributed by atoms with E-state index in [4.69, 9.17) is 21.1 Å². The van der Waals surface area contributed by atoms with Crippen molar-refractivity contribution < 1.29 is 14.3 Å². The van der Waals surface area contributed by atoms with Gasteiger partial charge in [-0.1, -0.05) is 23.4 Å². The minimum atomic E-state index is -0.125. The molecule has 1 aliphatic heterocycles. The van der Waals surface area contributed by atoms with E-state index in [1.165, 1.54) is 11.8 Å². The van der Waals surface area contributed by atoms with E-state index in [0.29, 0.717) is 40.6 Å². The number of imidazole rings is 1. The Balaban J connectivity index is 1.38. The molecule has 0 unspecified atom stereocenters. The maximum absolute atomic E-state index is 12.2. The number of fused-ring (bicyclic) bond motifs is 2. The Morgan fingerprint density at radius 3 is 2.92 bits per heavy atom. The first-order valence-electron chi connectivity index (χ1n) is 7.65. The minimum absolute atomic E-state index is 0.125. The van der Waals surface area contributed by atoms with Crippen LogP contribution in [0.1, 0.15) is 0 Å². The first kappa shape index (κ1) is 16.1. The number of ether oxygens (including phenoxy) is 2. The number of benzene rings is 2. The third-order valence-corrected chi connectivity index (χ3v) is 4.70.